The summed E-state index contributed by atoms with van der Waals surface area (Å²) < 4.78 is 1.47. The molecule has 0 fully saturated rings. The fourth-order valence-electron chi connectivity index (χ4n) is 3.15. The maximum absolute atomic E-state index is 12.4. The van der Waals surface area contributed by atoms with Crippen LogP contribution in [0.3, 0.4) is 0 Å². The minimum absolute atomic E-state index is 0.00764. The van der Waals surface area contributed by atoms with Crippen LogP contribution in [0, 0.1) is 6.92 Å². The molecular formula is C22H23N5O3. The molecule has 0 radical (unpaired) electrons. The number of carbonyl (C=O) groups excluding carboxylic acids is 3. The molecule has 0 spiro atoms. The van der Waals surface area contributed by atoms with Gasteiger partial charge in [0.25, 0.3) is 0 Å². The zero-order valence-corrected chi connectivity index (χ0v) is 17.2. The van der Waals surface area contributed by atoms with E-state index in [1.807, 2.05) is 6.07 Å². The van der Waals surface area contributed by atoms with Crippen molar-refractivity contribution in [2.45, 2.75) is 40.2 Å². The molecule has 0 saturated heterocycles. The van der Waals surface area contributed by atoms with Crippen molar-refractivity contribution in [3.8, 4) is 11.1 Å². The van der Waals surface area contributed by atoms with Crippen molar-refractivity contribution in [1.29, 1.82) is 0 Å². The van der Waals surface area contributed by atoms with Crippen LogP contribution in [0.1, 0.15) is 43.0 Å². The molecule has 3 rings (SSSR count). The summed E-state index contributed by atoms with van der Waals surface area (Å²) in [6, 6.07) is 3.59. The van der Waals surface area contributed by atoms with Gasteiger partial charge in [0, 0.05) is 36.7 Å². The second-order valence-electron chi connectivity index (χ2n) is 7.08. The Kier molecular flexibility index (Phi) is 6.15. The number of carbonyl (C=O) groups is 3. The fourth-order valence-corrected chi connectivity index (χ4v) is 3.15. The number of hydrogen-bond acceptors (Lipinski definition) is 6. The van der Waals surface area contributed by atoms with Gasteiger partial charge in [-0.2, -0.15) is 5.10 Å². The fraction of sp³-hybridized carbons (Fsp3) is 0.273. The first kappa shape index (κ1) is 21.0. The van der Waals surface area contributed by atoms with Crippen molar-refractivity contribution >= 4 is 34.1 Å². The third-order valence-electron chi connectivity index (χ3n) is 4.51. The third-order valence-corrected chi connectivity index (χ3v) is 4.51. The molecule has 3 aromatic rings. The van der Waals surface area contributed by atoms with Gasteiger partial charge in [-0.1, -0.05) is 6.08 Å². The van der Waals surface area contributed by atoms with Gasteiger partial charge in [-0.05, 0) is 38.0 Å². The van der Waals surface area contributed by atoms with Gasteiger partial charge in [0.15, 0.2) is 11.6 Å². The molecule has 2 heterocycles. The number of hydrogen-bond donors (Lipinski definition) is 1. The molecule has 30 heavy (non-hydrogen) atoms. The lowest BCUT2D eigenvalue weighted by Gasteiger charge is -2.12. The Morgan fingerprint density at radius 3 is 2.43 bits per heavy atom. The van der Waals surface area contributed by atoms with Crippen LogP contribution in [0.2, 0.25) is 0 Å². The highest BCUT2D eigenvalue weighted by Crippen LogP contribution is 2.33. The highest BCUT2D eigenvalue weighted by molar-refractivity contribution is 6.11. The van der Waals surface area contributed by atoms with E-state index in [9.17, 15) is 14.4 Å². The van der Waals surface area contributed by atoms with Crippen LogP contribution >= 0.6 is 0 Å². The number of aryl methyl sites for hydroxylation is 1. The topological polar surface area (TPSA) is 107 Å². The first-order valence-corrected chi connectivity index (χ1v) is 9.55. The van der Waals surface area contributed by atoms with Gasteiger partial charge in [0.05, 0.1) is 17.7 Å². The summed E-state index contributed by atoms with van der Waals surface area (Å²) in [5, 5.41) is 7.81. The molecule has 1 amide bonds. The highest BCUT2D eigenvalue weighted by atomic mass is 16.1. The summed E-state index contributed by atoms with van der Waals surface area (Å²) >= 11 is 0. The van der Waals surface area contributed by atoms with Crippen molar-refractivity contribution in [3.63, 3.8) is 0 Å². The first-order valence-electron chi connectivity index (χ1n) is 9.55. The van der Waals surface area contributed by atoms with Crippen molar-refractivity contribution in [2.24, 2.45) is 0 Å². The monoisotopic (exact) mass is 405 g/mol. The van der Waals surface area contributed by atoms with Crippen LogP contribution in [-0.4, -0.2) is 37.2 Å². The lowest BCUT2D eigenvalue weighted by atomic mass is 10.0. The molecule has 0 bridgehead atoms. The van der Waals surface area contributed by atoms with Crippen LogP contribution < -0.4 is 5.32 Å². The molecule has 1 aromatic carbocycles. The molecule has 1 N–H and O–H groups in total. The van der Waals surface area contributed by atoms with Crippen LogP contribution in [0.25, 0.3) is 22.0 Å². The summed E-state index contributed by atoms with van der Waals surface area (Å²) in [6.07, 6.45) is 5.83. The number of anilines is 1. The van der Waals surface area contributed by atoms with Crippen LogP contribution in [0.5, 0.6) is 0 Å². The SMILES string of the molecule is C=CCCC(=O)Nc1cc(-c2cnc(C)nc2)cc2c(C(C)=O)nn(CC(C)=O)c12. The van der Waals surface area contributed by atoms with Gasteiger partial charge < -0.3 is 5.32 Å². The van der Waals surface area contributed by atoms with Crippen molar-refractivity contribution < 1.29 is 14.4 Å². The molecule has 0 atom stereocenters. The van der Waals surface area contributed by atoms with E-state index in [1.54, 1.807) is 31.5 Å². The smallest absolute Gasteiger partial charge is 0.224 e. The van der Waals surface area contributed by atoms with E-state index in [-0.39, 0.29) is 36.1 Å². The van der Waals surface area contributed by atoms with E-state index >= 15 is 0 Å². The van der Waals surface area contributed by atoms with Crippen LogP contribution in [0.4, 0.5) is 5.69 Å². The largest absolute Gasteiger partial charge is 0.324 e. The van der Waals surface area contributed by atoms with Gasteiger partial charge in [0.1, 0.15) is 11.5 Å². The highest BCUT2D eigenvalue weighted by Gasteiger charge is 2.20. The standard InChI is InChI=1S/C22H23N5O3/c1-5-6-7-20(30)25-19-9-16(17-10-23-15(4)24-11-17)8-18-21(14(3)29)26-27(22(18)19)12-13(2)28/h5,8-11H,1,6-7,12H2,2-4H3,(H,25,30). The number of aromatic nitrogens is 4. The third kappa shape index (κ3) is 4.48. The van der Waals surface area contributed by atoms with E-state index in [2.05, 4.69) is 27.0 Å². The zero-order valence-electron chi connectivity index (χ0n) is 17.2. The number of rotatable bonds is 8. The molecule has 8 nitrogen and oxygen atoms in total. The average Bonchev–Trinajstić information content (AvgIpc) is 3.05. The Hall–Kier alpha value is -3.68. The lowest BCUT2D eigenvalue weighted by Crippen LogP contribution is -2.14. The second-order valence-corrected chi connectivity index (χ2v) is 7.08. The van der Waals surface area contributed by atoms with Gasteiger partial charge in [-0.3, -0.25) is 19.1 Å². The number of fused-ring (bicyclic) bond motifs is 1. The Labute approximate surface area is 174 Å². The second kappa shape index (κ2) is 8.77. The minimum Gasteiger partial charge on any atom is -0.324 e. The number of ketones is 2. The Balaban J connectivity index is 2.24. The molecule has 8 heteroatoms. The maximum atomic E-state index is 12.4. The summed E-state index contributed by atoms with van der Waals surface area (Å²) in [5.41, 5.74) is 2.70. The van der Waals surface area contributed by atoms with Gasteiger partial charge in [-0.25, -0.2) is 9.97 Å². The van der Waals surface area contributed by atoms with Crippen molar-refractivity contribution in [2.75, 3.05) is 5.32 Å². The normalized spacial score (nSPS) is 10.8. The molecule has 0 saturated carbocycles. The summed E-state index contributed by atoms with van der Waals surface area (Å²) in [4.78, 5) is 44.9. The average molecular weight is 405 g/mol. The maximum Gasteiger partial charge on any atom is 0.224 e. The Morgan fingerprint density at radius 2 is 1.83 bits per heavy atom. The van der Waals surface area contributed by atoms with Crippen LogP contribution in [-0.2, 0) is 16.1 Å². The number of amides is 1. The Bertz CT molecular complexity index is 1150. The van der Waals surface area contributed by atoms with E-state index in [0.717, 1.165) is 11.1 Å². The quantitative estimate of drug-likeness (QED) is 0.454. The van der Waals surface area contributed by atoms with E-state index in [4.69, 9.17) is 0 Å². The van der Waals surface area contributed by atoms with Crippen molar-refractivity contribution in [3.05, 3.63) is 48.7 Å². The number of allylic oxidation sites excluding steroid dienone is 1. The number of nitrogens with zero attached hydrogens (tertiary/aromatic N) is 4. The summed E-state index contributed by atoms with van der Waals surface area (Å²) in [6.45, 7) is 8.29. The molecular weight excluding hydrogens is 382 g/mol. The summed E-state index contributed by atoms with van der Waals surface area (Å²) in [7, 11) is 0. The molecule has 0 aliphatic rings. The number of nitrogens with one attached hydrogen (secondary N) is 1. The Morgan fingerprint density at radius 1 is 1.13 bits per heavy atom. The molecule has 0 unspecified atom stereocenters. The van der Waals surface area contributed by atoms with Gasteiger partial charge in [0.2, 0.25) is 5.91 Å². The van der Waals surface area contributed by atoms with Gasteiger partial charge in [-0.15, -0.1) is 6.58 Å². The predicted octanol–water partition coefficient (Wildman–Crippen LogP) is 3.50. The molecule has 0 aliphatic heterocycles. The predicted molar refractivity (Wildman–Crippen MR) is 114 cm³/mol. The van der Waals surface area contributed by atoms with Crippen LogP contribution in [0.15, 0.2) is 37.2 Å². The number of benzene rings is 1. The molecule has 154 valence electrons. The molecule has 0 aliphatic carbocycles. The van der Waals surface area contributed by atoms with Crippen molar-refractivity contribution in [1.82, 2.24) is 19.7 Å². The van der Waals surface area contributed by atoms with Gasteiger partial charge >= 0.3 is 0 Å². The van der Waals surface area contributed by atoms with E-state index in [1.165, 1.54) is 18.5 Å². The lowest BCUT2D eigenvalue weighted by molar-refractivity contribution is -0.117. The van der Waals surface area contributed by atoms with E-state index in [0.29, 0.717) is 28.8 Å². The number of Topliss-reactive ketones (excluding diaryl/α,β-unsaturated/α-hetero) is 2. The first-order chi connectivity index (χ1) is 14.3. The summed E-state index contributed by atoms with van der Waals surface area (Å²) in [5.74, 6) is 0.0860. The minimum atomic E-state index is -0.233. The molecule has 2 aromatic heterocycles. The zero-order chi connectivity index (χ0) is 21.8. The van der Waals surface area contributed by atoms with E-state index < -0.39 is 0 Å².